The van der Waals surface area contributed by atoms with Crippen LogP contribution in [0, 0.1) is 0 Å². The molecule has 0 saturated carbocycles. The normalized spacial score (nSPS) is 22.4. The number of hydrogen-bond acceptors (Lipinski definition) is 5. The van der Waals surface area contributed by atoms with E-state index in [0.29, 0.717) is 18.3 Å². The number of nitrogens with zero attached hydrogens (tertiary/aromatic N) is 3. The van der Waals surface area contributed by atoms with Gasteiger partial charge in [0, 0.05) is 11.5 Å². The lowest BCUT2D eigenvalue weighted by Crippen LogP contribution is -2.37. The molecule has 1 unspecified atom stereocenters. The third kappa shape index (κ3) is 3.76. The Kier molecular flexibility index (Phi) is 4.58. The van der Waals surface area contributed by atoms with Crippen LogP contribution in [-0.2, 0) is 12.0 Å². The molecule has 0 spiro atoms. The predicted molar refractivity (Wildman–Crippen MR) is 72.7 cm³/mol. The Morgan fingerprint density at radius 1 is 1.26 bits per heavy atom. The Morgan fingerprint density at radius 2 is 2.05 bits per heavy atom. The number of aliphatic hydroxyl groups excluding tert-OH is 1. The van der Waals surface area contributed by atoms with Crippen LogP contribution >= 0.6 is 0 Å². The zero-order valence-electron chi connectivity index (χ0n) is 12.2. The van der Waals surface area contributed by atoms with Crippen LogP contribution in [0.1, 0.15) is 58.2 Å². The van der Waals surface area contributed by atoms with Crippen LogP contribution in [0.2, 0.25) is 0 Å². The Labute approximate surface area is 115 Å². The molecule has 1 saturated heterocycles. The van der Waals surface area contributed by atoms with Gasteiger partial charge in [-0.25, -0.2) is 0 Å². The van der Waals surface area contributed by atoms with Gasteiger partial charge in [0.25, 0.3) is 0 Å². The number of likely N-dealkylation sites (tertiary alicyclic amines) is 1. The second-order valence-electron chi connectivity index (χ2n) is 6.41. The maximum absolute atomic E-state index is 9.49. The summed E-state index contributed by atoms with van der Waals surface area (Å²) in [5.41, 5.74) is -0.111. The van der Waals surface area contributed by atoms with Crippen molar-refractivity contribution in [2.45, 2.75) is 64.5 Å². The molecule has 0 bridgehead atoms. The minimum atomic E-state index is -0.111. The first-order valence-electron chi connectivity index (χ1n) is 7.18. The molecule has 2 rings (SSSR count). The summed E-state index contributed by atoms with van der Waals surface area (Å²) < 4.78 is 5.74. The molecular weight excluding hydrogens is 242 g/mol. The molecule has 0 aliphatic carbocycles. The minimum Gasteiger partial charge on any atom is -0.423 e. The molecule has 5 heteroatoms. The third-order valence-electron chi connectivity index (χ3n) is 3.66. The highest BCUT2D eigenvalue weighted by atomic mass is 16.4. The average molecular weight is 267 g/mol. The highest BCUT2D eigenvalue weighted by Crippen LogP contribution is 2.22. The summed E-state index contributed by atoms with van der Waals surface area (Å²) in [7, 11) is 0. The SMILES string of the molecule is CC(C)(C)c1nnc(CN2CCCCCC2CO)o1. The number of aliphatic hydroxyl groups is 1. The number of hydrogen-bond donors (Lipinski definition) is 1. The quantitative estimate of drug-likeness (QED) is 0.908. The standard InChI is InChI=1S/C14H25N3O2/c1-14(2,3)13-16-15-12(19-13)9-17-8-6-4-5-7-11(17)10-18/h11,18H,4-10H2,1-3H3. The molecule has 1 atom stereocenters. The van der Waals surface area contributed by atoms with Gasteiger partial charge in [-0.2, -0.15) is 0 Å². The maximum Gasteiger partial charge on any atom is 0.230 e. The number of rotatable bonds is 3. The molecule has 1 aromatic rings. The van der Waals surface area contributed by atoms with Gasteiger partial charge in [0.15, 0.2) is 0 Å². The van der Waals surface area contributed by atoms with Crippen molar-refractivity contribution in [1.82, 2.24) is 15.1 Å². The van der Waals surface area contributed by atoms with E-state index in [1.54, 1.807) is 0 Å². The molecule has 19 heavy (non-hydrogen) atoms. The monoisotopic (exact) mass is 267 g/mol. The molecule has 1 N–H and O–H groups in total. The van der Waals surface area contributed by atoms with Gasteiger partial charge in [0.1, 0.15) is 0 Å². The Hall–Kier alpha value is -0.940. The van der Waals surface area contributed by atoms with Crippen LogP contribution < -0.4 is 0 Å². The predicted octanol–water partition coefficient (Wildman–Crippen LogP) is 2.10. The molecule has 1 fully saturated rings. The van der Waals surface area contributed by atoms with E-state index in [1.165, 1.54) is 19.3 Å². The molecule has 2 heterocycles. The van der Waals surface area contributed by atoms with E-state index in [-0.39, 0.29) is 18.1 Å². The fraction of sp³-hybridized carbons (Fsp3) is 0.857. The lowest BCUT2D eigenvalue weighted by atomic mass is 9.97. The minimum absolute atomic E-state index is 0.111. The first-order valence-corrected chi connectivity index (χ1v) is 7.18. The Morgan fingerprint density at radius 3 is 2.68 bits per heavy atom. The van der Waals surface area contributed by atoms with Gasteiger partial charge >= 0.3 is 0 Å². The summed E-state index contributed by atoms with van der Waals surface area (Å²) in [6.45, 7) is 8.04. The maximum atomic E-state index is 9.49. The van der Waals surface area contributed by atoms with E-state index in [9.17, 15) is 5.11 Å². The van der Waals surface area contributed by atoms with Crippen LogP contribution in [0.15, 0.2) is 4.42 Å². The lowest BCUT2D eigenvalue weighted by molar-refractivity contribution is 0.109. The van der Waals surface area contributed by atoms with Crippen molar-refractivity contribution in [2.24, 2.45) is 0 Å². The van der Waals surface area contributed by atoms with Gasteiger partial charge in [0.05, 0.1) is 13.2 Å². The summed E-state index contributed by atoms with van der Waals surface area (Å²) in [5.74, 6) is 1.34. The zero-order chi connectivity index (χ0) is 13.9. The van der Waals surface area contributed by atoms with Crippen LogP contribution in [-0.4, -0.2) is 39.4 Å². The van der Waals surface area contributed by atoms with E-state index in [0.717, 1.165) is 13.0 Å². The third-order valence-corrected chi connectivity index (χ3v) is 3.66. The van der Waals surface area contributed by atoms with Crippen LogP contribution in [0.3, 0.4) is 0 Å². The fourth-order valence-corrected chi connectivity index (χ4v) is 2.45. The first kappa shape index (κ1) is 14.5. The Bertz CT molecular complexity index is 398. The lowest BCUT2D eigenvalue weighted by Gasteiger charge is -2.26. The van der Waals surface area contributed by atoms with E-state index >= 15 is 0 Å². The van der Waals surface area contributed by atoms with Crippen molar-refractivity contribution in [3.8, 4) is 0 Å². The van der Waals surface area contributed by atoms with Gasteiger partial charge in [-0.3, -0.25) is 4.90 Å². The topological polar surface area (TPSA) is 62.4 Å². The van der Waals surface area contributed by atoms with Crippen molar-refractivity contribution in [2.75, 3.05) is 13.2 Å². The molecule has 1 aliphatic rings. The van der Waals surface area contributed by atoms with Gasteiger partial charge in [-0.05, 0) is 19.4 Å². The summed E-state index contributed by atoms with van der Waals surface area (Å²) in [5, 5.41) is 17.7. The van der Waals surface area contributed by atoms with E-state index in [2.05, 4.69) is 35.9 Å². The summed E-state index contributed by atoms with van der Waals surface area (Å²) in [6, 6.07) is 0.229. The molecule has 0 aromatic carbocycles. The molecule has 0 radical (unpaired) electrons. The van der Waals surface area contributed by atoms with Gasteiger partial charge in [-0.1, -0.05) is 33.6 Å². The van der Waals surface area contributed by atoms with E-state index in [1.807, 2.05) is 0 Å². The second-order valence-corrected chi connectivity index (χ2v) is 6.41. The molecule has 0 amide bonds. The average Bonchev–Trinajstić information content (AvgIpc) is 2.70. The van der Waals surface area contributed by atoms with Crippen LogP contribution in [0.25, 0.3) is 0 Å². The van der Waals surface area contributed by atoms with Crippen molar-refractivity contribution in [1.29, 1.82) is 0 Å². The summed E-state index contributed by atoms with van der Waals surface area (Å²) in [6.07, 6.45) is 4.66. The van der Waals surface area contributed by atoms with Crippen molar-refractivity contribution < 1.29 is 9.52 Å². The zero-order valence-corrected chi connectivity index (χ0v) is 12.2. The summed E-state index contributed by atoms with van der Waals surface area (Å²) in [4.78, 5) is 2.27. The van der Waals surface area contributed by atoms with Crippen molar-refractivity contribution in [3.05, 3.63) is 11.8 Å². The van der Waals surface area contributed by atoms with Gasteiger partial charge < -0.3 is 9.52 Å². The fourth-order valence-electron chi connectivity index (χ4n) is 2.45. The highest BCUT2D eigenvalue weighted by Gasteiger charge is 2.25. The van der Waals surface area contributed by atoms with Crippen LogP contribution in [0.5, 0.6) is 0 Å². The van der Waals surface area contributed by atoms with Gasteiger partial charge in [-0.15, -0.1) is 10.2 Å². The first-order chi connectivity index (χ1) is 9.00. The van der Waals surface area contributed by atoms with E-state index < -0.39 is 0 Å². The number of aromatic nitrogens is 2. The largest absolute Gasteiger partial charge is 0.423 e. The molecular formula is C14H25N3O2. The van der Waals surface area contributed by atoms with E-state index in [4.69, 9.17) is 4.42 Å². The summed E-state index contributed by atoms with van der Waals surface area (Å²) >= 11 is 0. The van der Waals surface area contributed by atoms with Crippen molar-refractivity contribution in [3.63, 3.8) is 0 Å². The van der Waals surface area contributed by atoms with Crippen molar-refractivity contribution >= 4 is 0 Å². The highest BCUT2D eigenvalue weighted by molar-refractivity contribution is 4.96. The molecule has 1 aromatic heterocycles. The Balaban J connectivity index is 2.04. The molecule has 5 nitrogen and oxygen atoms in total. The smallest absolute Gasteiger partial charge is 0.230 e. The molecule has 108 valence electrons. The van der Waals surface area contributed by atoms with Crippen LogP contribution in [0.4, 0.5) is 0 Å². The molecule has 1 aliphatic heterocycles. The second kappa shape index (κ2) is 6.01. The van der Waals surface area contributed by atoms with Gasteiger partial charge in [0.2, 0.25) is 11.8 Å².